The van der Waals surface area contributed by atoms with Crippen molar-refractivity contribution in [1.82, 2.24) is 0 Å². The monoisotopic (exact) mass is 344 g/mol. The summed E-state index contributed by atoms with van der Waals surface area (Å²) >= 11 is 8.26. The SMILES string of the molecule is Clc1ccc(-c2cccc3c2sc2ccccc23)c2ccccc12. The minimum atomic E-state index is 0.804. The summed E-state index contributed by atoms with van der Waals surface area (Å²) in [5, 5.41) is 5.77. The Morgan fingerprint density at radius 1 is 0.542 bits per heavy atom. The van der Waals surface area contributed by atoms with Crippen LogP contribution in [0.4, 0.5) is 0 Å². The second-order valence-electron chi connectivity index (χ2n) is 5.92. The highest BCUT2D eigenvalue weighted by Crippen LogP contribution is 2.42. The van der Waals surface area contributed by atoms with Crippen LogP contribution in [0.3, 0.4) is 0 Å². The number of benzene rings is 4. The molecule has 0 N–H and O–H groups in total. The van der Waals surface area contributed by atoms with E-state index in [2.05, 4.69) is 66.7 Å². The van der Waals surface area contributed by atoms with Gasteiger partial charge in [0.15, 0.2) is 0 Å². The number of hydrogen-bond acceptors (Lipinski definition) is 1. The lowest BCUT2D eigenvalue weighted by molar-refractivity contribution is 1.71. The number of hydrogen-bond donors (Lipinski definition) is 0. The molecule has 0 nitrogen and oxygen atoms in total. The van der Waals surface area contributed by atoms with Gasteiger partial charge in [0.1, 0.15) is 0 Å². The fourth-order valence-electron chi connectivity index (χ4n) is 3.46. The van der Waals surface area contributed by atoms with E-state index in [-0.39, 0.29) is 0 Å². The maximum absolute atomic E-state index is 6.40. The lowest BCUT2D eigenvalue weighted by Gasteiger charge is -2.09. The van der Waals surface area contributed by atoms with Gasteiger partial charge in [-0.3, -0.25) is 0 Å². The lowest BCUT2D eigenvalue weighted by Crippen LogP contribution is -1.82. The van der Waals surface area contributed by atoms with Crippen LogP contribution in [0, 0.1) is 0 Å². The molecule has 1 heterocycles. The third-order valence-corrected chi connectivity index (χ3v) is 6.11. The summed E-state index contributed by atoms with van der Waals surface area (Å²) in [7, 11) is 0. The van der Waals surface area contributed by atoms with Gasteiger partial charge in [0.25, 0.3) is 0 Å². The summed E-state index contributed by atoms with van der Waals surface area (Å²) in [5.74, 6) is 0. The van der Waals surface area contributed by atoms with Gasteiger partial charge in [0, 0.05) is 36.1 Å². The van der Waals surface area contributed by atoms with E-state index in [0.29, 0.717) is 0 Å². The van der Waals surface area contributed by atoms with E-state index < -0.39 is 0 Å². The molecule has 0 spiro atoms. The molecule has 5 aromatic rings. The fourth-order valence-corrected chi connectivity index (χ4v) is 4.91. The Labute approximate surface area is 148 Å². The van der Waals surface area contributed by atoms with Gasteiger partial charge in [-0.25, -0.2) is 0 Å². The number of halogens is 1. The van der Waals surface area contributed by atoms with Gasteiger partial charge in [0.05, 0.1) is 0 Å². The first-order valence-electron chi connectivity index (χ1n) is 7.91. The van der Waals surface area contributed by atoms with Gasteiger partial charge >= 0.3 is 0 Å². The molecule has 0 aliphatic heterocycles. The molecule has 0 saturated carbocycles. The highest BCUT2D eigenvalue weighted by atomic mass is 35.5. The highest BCUT2D eigenvalue weighted by molar-refractivity contribution is 7.26. The second kappa shape index (κ2) is 5.34. The molecule has 0 radical (unpaired) electrons. The van der Waals surface area contributed by atoms with Crippen LogP contribution >= 0.6 is 22.9 Å². The number of fused-ring (bicyclic) bond motifs is 4. The molecule has 0 saturated heterocycles. The average molecular weight is 345 g/mol. The maximum Gasteiger partial charge on any atom is 0.0484 e. The molecule has 1 aromatic heterocycles. The van der Waals surface area contributed by atoms with Crippen molar-refractivity contribution in [2.75, 3.05) is 0 Å². The molecule has 5 rings (SSSR count). The standard InChI is InChI=1S/C22H13ClS/c23-20-13-12-15(14-6-1-2-7-16(14)20)18-9-5-10-19-17-8-3-4-11-21(17)24-22(18)19/h1-13H. The van der Waals surface area contributed by atoms with E-state index in [0.717, 1.165) is 10.4 Å². The molecule has 4 aromatic carbocycles. The topological polar surface area (TPSA) is 0 Å². The Morgan fingerprint density at radius 2 is 1.25 bits per heavy atom. The van der Waals surface area contributed by atoms with E-state index in [4.69, 9.17) is 11.6 Å². The molecule has 0 amide bonds. The van der Waals surface area contributed by atoms with Gasteiger partial charge in [0.2, 0.25) is 0 Å². The van der Waals surface area contributed by atoms with Crippen LogP contribution in [0.5, 0.6) is 0 Å². The lowest BCUT2D eigenvalue weighted by atomic mass is 9.97. The zero-order valence-electron chi connectivity index (χ0n) is 12.8. The molecule has 2 heteroatoms. The Balaban J connectivity index is 1.92. The largest absolute Gasteiger partial charge is 0.135 e. The molecule has 0 aliphatic rings. The van der Waals surface area contributed by atoms with Crippen LogP contribution < -0.4 is 0 Å². The Hall–Kier alpha value is -2.35. The van der Waals surface area contributed by atoms with E-state index in [1.807, 2.05) is 23.5 Å². The molecule has 0 fully saturated rings. The summed E-state index contributed by atoms with van der Waals surface area (Å²) < 4.78 is 2.67. The average Bonchev–Trinajstić information content (AvgIpc) is 3.01. The van der Waals surface area contributed by atoms with E-state index >= 15 is 0 Å². The summed E-state index contributed by atoms with van der Waals surface area (Å²) in [6, 6.07) is 27.7. The van der Waals surface area contributed by atoms with Crippen molar-refractivity contribution < 1.29 is 0 Å². The summed E-state index contributed by atoms with van der Waals surface area (Å²) in [4.78, 5) is 0. The van der Waals surface area contributed by atoms with E-state index in [1.165, 1.54) is 36.7 Å². The van der Waals surface area contributed by atoms with Crippen molar-refractivity contribution in [3.8, 4) is 11.1 Å². The first kappa shape index (κ1) is 14.0. The van der Waals surface area contributed by atoms with Gasteiger partial charge in [-0.2, -0.15) is 0 Å². The molecule has 0 atom stereocenters. The van der Waals surface area contributed by atoms with Crippen LogP contribution in [-0.4, -0.2) is 0 Å². The first-order valence-corrected chi connectivity index (χ1v) is 9.10. The number of rotatable bonds is 1. The maximum atomic E-state index is 6.40. The fraction of sp³-hybridized carbons (Fsp3) is 0. The Morgan fingerprint density at radius 3 is 2.12 bits per heavy atom. The normalized spacial score (nSPS) is 11.5. The zero-order valence-corrected chi connectivity index (χ0v) is 14.4. The Kier molecular flexibility index (Phi) is 3.12. The van der Waals surface area contributed by atoms with Crippen molar-refractivity contribution in [3.63, 3.8) is 0 Å². The van der Waals surface area contributed by atoms with Gasteiger partial charge in [-0.15, -0.1) is 11.3 Å². The second-order valence-corrected chi connectivity index (χ2v) is 7.38. The van der Waals surface area contributed by atoms with Crippen LogP contribution in [0.2, 0.25) is 5.02 Å². The number of thiophene rings is 1. The first-order chi connectivity index (χ1) is 11.8. The van der Waals surface area contributed by atoms with E-state index in [1.54, 1.807) is 0 Å². The summed E-state index contributed by atoms with van der Waals surface area (Å²) in [6.07, 6.45) is 0. The van der Waals surface area contributed by atoms with E-state index in [9.17, 15) is 0 Å². The van der Waals surface area contributed by atoms with Gasteiger partial charge in [-0.05, 0) is 23.1 Å². The molecule has 0 aliphatic carbocycles. The van der Waals surface area contributed by atoms with Crippen molar-refractivity contribution >= 4 is 53.9 Å². The van der Waals surface area contributed by atoms with Crippen molar-refractivity contribution in [3.05, 3.63) is 83.9 Å². The van der Waals surface area contributed by atoms with Crippen molar-refractivity contribution in [1.29, 1.82) is 0 Å². The molecule has 114 valence electrons. The molecule has 0 unspecified atom stereocenters. The minimum absolute atomic E-state index is 0.804. The molecular weight excluding hydrogens is 332 g/mol. The zero-order chi connectivity index (χ0) is 16.1. The smallest absolute Gasteiger partial charge is 0.0484 e. The van der Waals surface area contributed by atoms with Crippen molar-refractivity contribution in [2.24, 2.45) is 0 Å². The van der Waals surface area contributed by atoms with Gasteiger partial charge < -0.3 is 0 Å². The van der Waals surface area contributed by atoms with Crippen LogP contribution in [-0.2, 0) is 0 Å². The third-order valence-electron chi connectivity index (χ3n) is 4.57. The van der Waals surface area contributed by atoms with Gasteiger partial charge in [-0.1, -0.05) is 78.3 Å². The predicted octanol–water partition coefficient (Wildman–Crippen LogP) is 7.53. The highest BCUT2D eigenvalue weighted by Gasteiger charge is 2.12. The molecule has 24 heavy (non-hydrogen) atoms. The summed E-state index contributed by atoms with van der Waals surface area (Å²) in [5.41, 5.74) is 2.52. The minimum Gasteiger partial charge on any atom is -0.135 e. The predicted molar refractivity (Wildman–Crippen MR) is 107 cm³/mol. The van der Waals surface area contributed by atoms with Crippen LogP contribution in [0.1, 0.15) is 0 Å². The summed E-state index contributed by atoms with van der Waals surface area (Å²) in [6.45, 7) is 0. The van der Waals surface area contributed by atoms with Crippen LogP contribution in [0.15, 0.2) is 78.9 Å². The molecular formula is C22H13ClS. The van der Waals surface area contributed by atoms with Crippen LogP contribution in [0.25, 0.3) is 42.1 Å². The third kappa shape index (κ3) is 1.99. The van der Waals surface area contributed by atoms with Crippen molar-refractivity contribution in [2.45, 2.75) is 0 Å². The molecule has 0 bridgehead atoms. The Bertz CT molecular complexity index is 1220. The quantitative estimate of drug-likeness (QED) is 0.295.